The predicted octanol–water partition coefficient (Wildman–Crippen LogP) is 1.70. The highest BCUT2D eigenvalue weighted by Crippen LogP contribution is 2.21. The average molecular weight is 192 g/mol. The molecule has 4 heteroatoms. The molecule has 0 saturated heterocycles. The third-order valence-corrected chi connectivity index (χ3v) is 2.60. The van der Waals surface area contributed by atoms with E-state index in [1.165, 1.54) is 0 Å². The summed E-state index contributed by atoms with van der Waals surface area (Å²) < 4.78 is 2.08. The van der Waals surface area contributed by atoms with Gasteiger partial charge in [0.05, 0.1) is 5.71 Å². The summed E-state index contributed by atoms with van der Waals surface area (Å²) in [6.45, 7) is 4.87. The zero-order chi connectivity index (χ0) is 10.1. The van der Waals surface area contributed by atoms with E-state index in [4.69, 9.17) is 0 Å². The molecular formula is C10H16N4. The lowest BCUT2D eigenvalue weighted by atomic mass is 10.1. The molecule has 76 valence electrons. The van der Waals surface area contributed by atoms with Gasteiger partial charge in [-0.05, 0) is 13.3 Å². The molecular weight excluding hydrogens is 176 g/mol. The first-order valence-electron chi connectivity index (χ1n) is 5.05. The van der Waals surface area contributed by atoms with Crippen molar-refractivity contribution in [2.45, 2.75) is 26.7 Å². The predicted molar refractivity (Wildman–Crippen MR) is 57.9 cm³/mol. The Labute approximate surface area is 84.1 Å². The number of nitrogens with one attached hydrogen (secondary N) is 1. The van der Waals surface area contributed by atoms with E-state index in [0.29, 0.717) is 6.67 Å². The van der Waals surface area contributed by atoms with Crippen molar-refractivity contribution in [2.75, 3.05) is 12.0 Å². The Morgan fingerprint density at radius 3 is 3.00 bits per heavy atom. The summed E-state index contributed by atoms with van der Waals surface area (Å²) in [7, 11) is 2.03. The summed E-state index contributed by atoms with van der Waals surface area (Å²) in [6.07, 6.45) is 2.14. The minimum atomic E-state index is 0.682. The van der Waals surface area contributed by atoms with Gasteiger partial charge in [-0.1, -0.05) is 13.3 Å². The molecule has 1 aromatic rings. The molecule has 2 heterocycles. The van der Waals surface area contributed by atoms with Crippen molar-refractivity contribution in [2.24, 2.45) is 12.0 Å². The van der Waals surface area contributed by atoms with Gasteiger partial charge in [-0.3, -0.25) is 4.99 Å². The summed E-state index contributed by atoms with van der Waals surface area (Å²) >= 11 is 0. The van der Waals surface area contributed by atoms with Gasteiger partial charge in [0.15, 0.2) is 0 Å². The molecule has 2 rings (SSSR count). The smallest absolute Gasteiger partial charge is 0.136 e. The SMILES string of the molecule is CCCC1=NCNc2c1nc(C)n2C. The van der Waals surface area contributed by atoms with Crippen molar-refractivity contribution in [1.82, 2.24) is 9.55 Å². The average Bonchev–Trinajstić information content (AvgIpc) is 2.46. The van der Waals surface area contributed by atoms with Crippen LogP contribution in [0.15, 0.2) is 4.99 Å². The Morgan fingerprint density at radius 2 is 2.29 bits per heavy atom. The molecule has 1 N–H and O–H groups in total. The van der Waals surface area contributed by atoms with Crippen LogP contribution < -0.4 is 5.32 Å². The zero-order valence-electron chi connectivity index (χ0n) is 8.96. The first kappa shape index (κ1) is 9.24. The first-order chi connectivity index (χ1) is 6.74. The van der Waals surface area contributed by atoms with Crippen LogP contribution in [-0.4, -0.2) is 21.9 Å². The second-order valence-electron chi connectivity index (χ2n) is 3.60. The van der Waals surface area contributed by atoms with Crippen molar-refractivity contribution >= 4 is 11.5 Å². The largest absolute Gasteiger partial charge is 0.351 e. The topological polar surface area (TPSA) is 42.2 Å². The van der Waals surface area contributed by atoms with Crippen LogP contribution in [-0.2, 0) is 7.05 Å². The minimum Gasteiger partial charge on any atom is -0.351 e. The maximum atomic E-state index is 4.52. The number of hydrogen-bond acceptors (Lipinski definition) is 3. The van der Waals surface area contributed by atoms with Crippen molar-refractivity contribution in [3.8, 4) is 0 Å². The van der Waals surface area contributed by atoms with E-state index in [1.807, 2.05) is 14.0 Å². The van der Waals surface area contributed by atoms with Crippen molar-refractivity contribution in [1.29, 1.82) is 0 Å². The fourth-order valence-electron chi connectivity index (χ4n) is 1.73. The Kier molecular flexibility index (Phi) is 2.27. The van der Waals surface area contributed by atoms with Gasteiger partial charge in [0.1, 0.15) is 24.0 Å². The molecule has 1 aliphatic rings. The van der Waals surface area contributed by atoms with Crippen LogP contribution in [0.5, 0.6) is 0 Å². The fourth-order valence-corrected chi connectivity index (χ4v) is 1.73. The van der Waals surface area contributed by atoms with E-state index in [9.17, 15) is 0 Å². The van der Waals surface area contributed by atoms with Crippen LogP contribution in [0, 0.1) is 6.92 Å². The Balaban J connectivity index is 2.43. The molecule has 0 unspecified atom stereocenters. The molecule has 1 aromatic heterocycles. The number of fused-ring (bicyclic) bond motifs is 1. The van der Waals surface area contributed by atoms with E-state index >= 15 is 0 Å². The van der Waals surface area contributed by atoms with Gasteiger partial charge in [-0.2, -0.15) is 0 Å². The van der Waals surface area contributed by atoms with Crippen LogP contribution >= 0.6 is 0 Å². The summed E-state index contributed by atoms with van der Waals surface area (Å²) in [6, 6.07) is 0. The Morgan fingerprint density at radius 1 is 1.50 bits per heavy atom. The van der Waals surface area contributed by atoms with E-state index in [1.54, 1.807) is 0 Å². The minimum absolute atomic E-state index is 0.682. The van der Waals surface area contributed by atoms with E-state index in [-0.39, 0.29) is 0 Å². The number of anilines is 1. The molecule has 14 heavy (non-hydrogen) atoms. The van der Waals surface area contributed by atoms with Gasteiger partial charge < -0.3 is 9.88 Å². The highest BCUT2D eigenvalue weighted by molar-refractivity contribution is 6.04. The number of nitrogens with zero attached hydrogens (tertiary/aromatic N) is 3. The normalized spacial score (nSPS) is 14.6. The second-order valence-corrected chi connectivity index (χ2v) is 3.60. The van der Waals surface area contributed by atoms with Gasteiger partial charge in [-0.15, -0.1) is 0 Å². The van der Waals surface area contributed by atoms with Crippen molar-refractivity contribution in [3.63, 3.8) is 0 Å². The van der Waals surface area contributed by atoms with Crippen LogP contribution in [0.4, 0.5) is 5.82 Å². The zero-order valence-corrected chi connectivity index (χ0v) is 8.96. The number of hydrogen-bond donors (Lipinski definition) is 1. The molecule has 0 amide bonds. The molecule has 0 radical (unpaired) electrons. The molecule has 0 saturated carbocycles. The molecule has 0 spiro atoms. The Bertz CT molecular complexity index is 376. The highest BCUT2D eigenvalue weighted by atomic mass is 15.2. The molecule has 0 aromatic carbocycles. The third kappa shape index (κ3) is 1.31. The van der Waals surface area contributed by atoms with Crippen LogP contribution in [0.1, 0.15) is 31.3 Å². The number of aromatic nitrogens is 2. The highest BCUT2D eigenvalue weighted by Gasteiger charge is 2.19. The van der Waals surface area contributed by atoms with E-state index in [0.717, 1.165) is 35.9 Å². The van der Waals surface area contributed by atoms with Crippen LogP contribution in [0.3, 0.4) is 0 Å². The lowest BCUT2D eigenvalue weighted by molar-refractivity contribution is 0.854. The summed E-state index contributed by atoms with van der Waals surface area (Å²) in [4.78, 5) is 8.97. The quantitative estimate of drug-likeness (QED) is 0.775. The molecule has 0 bridgehead atoms. The van der Waals surface area contributed by atoms with Gasteiger partial charge in [0.2, 0.25) is 0 Å². The van der Waals surface area contributed by atoms with Crippen molar-refractivity contribution in [3.05, 3.63) is 11.5 Å². The van der Waals surface area contributed by atoms with Crippen LogP contribution in [0.2, 0.25) is 0 Å². The maximum absolute atomic E-state index is 4.52. The summed E-state index contributed by atoms with van der Waals surface area (Å²) in [5.74, 6) is 2.15. The van der Waals surface area contributed by atoms with Gasteiger partial charge >= 0.3 is 0 Å². The lowest BCUT2D eigenvalue weighted by Crippen LogP contribution is -2.16. The fraction of sp³-hybridized carbons (Fsp3) is 0.600. The van der Waals surface area contributed by atoms with Crippen molar-refractivity contribution < 1.29 is 0 Å². The third-order valence-electron chi connectivity index (χ3n) is 2.60. The number of rotatable bonds is 2. The Hall–Kier alpha value is -1.32. The molecule has 0 aliphatic carbocycles. The van der Waals surface area contributed by atoms with Gasteiger partial charge in [0.25, 0.3) is 0 Å². The summed E-state index contributed by atoms with van der Waals surface area (Å²) in [5, 5.41) is 3.25. The molecule has 4 nitrogen and oxygen atoms in total. The number of aliphatic imine (C=N–C) groups is 1. The second kappa shape index (κ2) is 3.44. The van der Waals surface area contributed by atoms with Gasteiger partial charge in [-0.25, -0.2) is 4.98 Å². The van der Waals surface area contributed by atoms with E-state index < -0.39 is 0 Å². The number of imidazole rings is 1. The lowest BCUT2D eigenvalue weighted by Gasteiger charge is -2.14. The maximum Gasteiger partial charge on any atom is 0.136 e. The molecule has 0 atom stereocenters. The summed E-state index contributed by atoms with van der Waals surface area (Å²) in [5.41, 5.74) is 2.18. The van der Waals surface area contributed by atoms with E-state index in [2.05, 4.69) is 26.8 Å². The number of aryl methyl sites for hydroxylation is 1. The van der Waals surface area contributed by atoms with Crippen LogP contribution in [0.25, 0.3) is 0 Å². The van der Waals surface area contributed by atoms with Gasteiger partial charge in [0, 0.05) is 7.05 Å². The molecule has 0 fully saturated rings. The standard InChI is InChI=1S/C10H16N4/c1-4-5-8-9-10(12-6-11-8)14(3)7(2)13-9/h12H,4-6H2,1-3H3. The monoisotopic (exact) mass is 192 g/mol. The first-order valence-corrected chi connectivity index (χ1v) is 5.05. The molecule has 1 aliphatic heterocycles.